The third-order valence-corrected chi connectivity index (χ3v) is 3.99. The monoisotopic (exact) mass is 387 g/mol. The van der Waals surface area contributed by atoms with Crippen molar-refractivity contribution in [3.05, 3.63) is 69.6 Å². The topological polar surface area (TPSA) is 90.3 Å². The summed E-state index contributed by atoms with van der Waals surface area (Å²) < 4.78 is 32.7. The zero-order valence-corrected chi connectivity index (χ0v) is 15.0. The molecule has 0 saturated carbocycles. The third kappa shape index (κ3) is 3.73. The Morgan fingerprint density at radius 1 is 1.21 bits per heavy atom. The van der Waals surface area contributed by atoms with Gasteiger partial charge in [-0.3, -0.25) is 9.59 Å². The molecule has 0 atom stereocenters. The van der Waals surface area contributed by atoms with Gasteiger partial charge < -0.3 is 14.6 Å². The molecule has 0 aliphatic rings. The van der Waals surface area contributed by atoms with Crippen LogP contribution in [0.1, 0.15) is 16.1 Å². The molecule has 2 heterocycles. The Morgan fingerprint density at radius 3 is 2.64 bits per heavy atom. The minimum Gasteiger partial charge on any atom is -0.465 e. The Kier molecular flexibility index (Phi) is 5.16. The fraction of sp³-hybridized carbons (Fsp3) is 0.158. The lowest BCUT2D eigenvalue weighted by atomic mass is 10.2. The van der Waals surface area contributed by atoms with Crippen molar-refractivity contribution in [1.29, 1.82) is 0 Å². The van der Waals surface area contributed by atoms with Crippen LogP contribution in [0.2, 0.25) is 0 Å². The number of amides is 1. The lowest BCUT2D eigenvalue weighted by Gasteiger charge is -2.13. The number of rotatable bonds is 4. The Bertz CT molecular complexity index is 1160. The first-order valence-electron chi connectivity index (χ1n) is 8.14. The van der Waals surface area contributed by atoms with Crippen LogP contribution < -0.4 is 10.7 Å². The van der Waals surface area contributed by atoms with Crippen molar-refractivity contribution in [2.75, 3.05) is 12.4 Å². The molecule has 3 aromatic rings. The van der Waals surface area contributed by atoms with E-state index in [0.29, 0.717) is 11.8 Å². The van der Waals surface area contributed by atoms with Crippen molar-refractivity contribution in [3.63, 3.8) is 0 Å². The summed E-state index contributed by atoms with van der Waals surface area (Å²) in [6.45, 7) is 1.34. The number of aryl methyl sites for hydroxylation is 1. The normalized spacial score (nSPS) is 10.7. The van der Waals surface area contributed by atoms with Crippen molar-refractivity contribution in [1.82, 2.24) is 9.55 Å². The van der Waals surface area contributed by atoms with E-state index in [2.05, 4.69) is 15.0 Å². The predicted molar refractivity (Wildman–Crippen MR) is 97.1 cm³/mol. The summed E-state index contributed by atoms with van der Waals surface area (Å²) in [7, 11) is 1.13. The molecule has 9 heteroatoms. The van der Waals surface area contributed by atoms with Crippen molar-refractivity contribution in [3.8, 4) is 0 Å². The highest BCUT2D eigenvalue weighted by molar-refractivity contribution is 5.94. The number of nitrogens with one attached hydrogen (secondary N) is 1. The predicted octanol–water partition coefficient (Wildman–Crippen LogP) is 2.41. The van der Waals surface area contributed by atoms with Gasteiger partial charge in [0.1, 0.15) is 29.4 Å². The van der Waals surface area contributed by atoms with E-state index in [4.69, 9.17) is 0 Å². The van der Waals surface area contributed by atoms with Crippen LogP contribution in [0.5, 0.6) is 0 Å². The van der Waals surface area contributed by atoms with E-state index >= 15 is 0 Å². The minimum absolute atomic E-state index is 0.134. The number of benzene rings is 1. The molecule has 0 bridgehead atoms. The van der Waals surface area contributed by atoms with Crippen LogP contribution in [-0.4, -0.2) is 28.5 Å². The summed E-state index contributed by atoms with van der Waals surface area (Å²) in [6.07, 6.45) is 1.17. The molecule has 0 aliphatic carbocycles. The van der Waals surface area contributed by atoms with E-state index in [0.717, 1.165) is 19.2 Å². The molecule has 2 aromatic heterocycles. The molecular weight excluding hydrogens is 372 g/mol. The second-order valence-corrected chi connectivity index (χ2v) is 5.99. The van der Waals surface area contributed by atoms with Gasteiger partial charge >= 0.3 is 5.97 Å². The summed E-state index contributed by atoms with van der Waals surface area (Å²) in [5.41, 5.74) is -0.255. The maximum absolute atomic E-state index is 13.7. The van der Waals surface area contributed by atoms with Gasteiger partial charge in [0.25, 0.3) is 0 Å². The maximum Gasteiger partial charge on any atom is 0.343 e. The number of hydrogen-bond acceptors (Lipinski definition) is 5. The lowest BCUT2D eigenvalue weighted by molar-refractivity contribution is -0.116. The van der Waals surface area contributed by atoms with E-state index in [1.165, 1.54) is 16.8 Å². The number of esters is 1. The Labute approximate surface area is 157 Å². The molecule has 1 N–H and O–H groups in total. The van der Waals surface area contributed by atoms with Crippen LogP contribution in [0.25, 0.3) is 11.0 Å². The van der Waals surface area contributed by atoms with Gasteiger partial charge in [-0.2, -0.15) is 0 Å². The highest BCUT2D eigenvalue weighted by Gasteiger charge is 2.18. The van der Waals surface area contributed by atoms with E-state index in [9.17, 15) is 23.2 Å². The van der Waals surface area contributed by atoms with E-state index in [1.807, 2.05) is 0 Å². The van der Waals surface area contributed by atoms with Crippen molar-refractivity contribution >= 4 is 28.6 Å². The Morgan fingerprint density at radius 2 is 1.96 bits per heavy atom. The fourth-order valence-electron chi connectivity index (χ4n) is 2.67. The number of methoxy groups -OCH3 is 1. The molecule has 3 rings (SSSR count). The number of halogens is 2. The number of fused-ring (bicyclic) bond motifs is 1. The number of nitrogens with zero attached hydrogens (tertiary/aromatic N) is 2. The molecule has 0 radical (unpaired) electrons. The van der Waals surface area contributed by atoms with E-state index in [1.54, 1.807) is 13.0 Å². The molecule has 0 unspecified atom stereocenters. The van der Waals surface area contributed by atoms with Gasteiger partial charge in [-0.15, -0.1) is 0 Å². The zero-order chi connectivity index (χ0) is 20.4. The molecule has 0 saturated heterocycles. The molecule has 7 nitrogen and oxygen atoms in total. The van der Waals surface area contributed by atoms with Crippen molar-refractivity contribution in [2.45, 2.75) is 13.5 Å². The molecule has 1 aromatic carbocycles. The van der Waals surface area contributed by atoms with Crippen molar-refractivity contribution in [2.24, 2.45) is 0 Å². The first-order chi connectivity index (χ1) is 13.3. The summed E-state index contributed by atoms with van der Waals surface area (Å²) in [5, 5.41) is 2.45. The Balaban J connectivity index is 2.02. The van der Waals surface area contributed by atoms with Gasteiger partial charge in [0.15, 0.2) is 0 Å². The molecule has 0 spiro atoms. The lowest BCUT2D eigenvalue weighted by Crippen LogP contribution is -2.25. The average Bonchev–Trinajstić information content (AvgIpc) is 2.65. The van der Waals surface area contributed by atoms with Crippen LogP contribution >= 0.6 is 0 Å². The quantitative estimate of drug-likeness (QED) is 0.695. The van der Waals surface area contributed by atoms with Gasteiger partial charge in [-0.1, -0.05) is 0 Å². The molecule has 28 heavy (non-hydrogen) atoms. The molecule has 0 fully saturated rings. The average molecular weight is 387 g/mol. The van der Waals surface area contributed by atoms with Crippen LogP contribution in [0.15, 0.2) is 41.3 Å². The summed E-state index contributed by atoms with van der Waals surface area (Å²) >= 11 is 0. The Hall–Kier alpha value is -3.62. The van der Waals surface area contributed by atoms with E-state index < -0.39 is 28.9 Å². The number of hydrogen-bond donors (Lipinski definition) is 1. The third-order valence-electron chi connectivity index (χ3n) is 3.99. The van der Waals surface area contributed by atoms with Crippen LogP contribution in [-0.2, 0) is 16.1 Å². The standard InChI is InChI=1S/C19H15F2N3O4/c1-10-3-5-12-17(26)13(19(27)28-2)8-24(18(12)22-10)9-16(25)23-15-6-4-11(20)7-14(15)21/h3-8H,9H2,1-2H3,(H,23,25). The van der Waals surface area contributed by atoms with Crippen LogP contribution in [0.4, 0.5) is 14.5 Å². The SMILES string of the molecule is COC(=O)c1cn(CC(=O)Nc2ccc(F)cc2F)c2nc(C)ccc2c1=O. The molecular formula is C19H15F2N3O4. The number of carbonyl (C=O) groups is 2. The highest BCUT2D eigenvalue weighted by Crippen LogP contribution is 2.16. The fourth-order valence-corrected chi connectivity index (χ4v) is 2.67. The summed E-state index contributed by atoms with van der Waals surface area (Å²) in [5.74, 6) is -3.22. The first kappa shape index (κ1) is 19.2. The molecule has 0 aliphatic heterocycles. The van der Waals surface area contributed by atoms with Crippen LogP contribution in [0, 0.1) is 18.6 Å². The van der Waals surface area contributed by atoms with Crippen LogP contribution in [0.3, 0.4) is 0 Å². The number of pyridine rings is 2. The zero-order valence-electron chi connectivity index (χ0n) is 15.0. The summed E-state index contributed by atoms with van der Waals surface area (Å²) in [6, 6.07) is 5.84. The smallest absolute Gasteiger partial charge is 0.343 e. The number of ether oxygens (including phenoxy) is 1. The number of anilines is 1. The van der Waals surface area contributed by atoms with Gasteiger partial charge in [0.2, 0.25) is 11.3 Å². The summed E-state index contributed by atoms with van der Waals surface area (Å²) in [4.78, 5) is 41.0. The van der Waals surface area contributed by atoms with Gasteiger partial charge in [0, 0.05) is 18.0 Å². The minimum atomic E-state index is -0.928. The van der Waals surface area contributed by atoms with Gasteiger partial charge in [0.05, 0.1) is 18.2 Å². The highest BCUT2D eigenvalue weighted by atomic mass is 19.1. The second-order valence-electron chi connectivity index (χ2n) is 5.99. The number of aromatic nitrogens is 2. The molecule has 144 valence electrons. The molecule has 1 amide bonds. The first-order valence-corrected chi connectivity index (χ1v) is 8.14. The second kappa shape index (κ2) is 7.55. The van der Waals surface area contributed by atoms with Crippen molar-refractivity contribution < 1.29 is 23.1 Å². The van der Waals surface area contributed by atoms with Gasteiger partial charge in [-0.05, 0) is 31.2 Å². The van der Waals surface area contributed by atoms with E-state index in [-0.39, 0.29) is 28.8 Å². The number of carbonyl (C=O) groups excluding carboxylic acids is 2. The maximum atomic E-state index is 13.7. The van der Waals surface area contributed by atoms with Gasteiger partial charge in [-0.25, -0.2) is 18.6 Å². The largest absolute Gasteiger partial charge is 0.465 e.